The number of hydrogen-bond donors (Lipinski definition) is 0. The Morgan fingerprint density at radius 2 is 2.12 bits per heavy atom. The van der Waals surface area contributed by atoms with Crippen LogP contribution in [0.5, 0.6) is 0 Å². The van der Waals surface area contributed by atoms with E-state index in [1.165, 1.54) is 0 Å². The van der Waals surface area contributed by atoms with Crippen molar-refractivity contribution in [2.45, 2.75) is 20.3 Å². The van der Waals surface area contributed by atoms with Crippen LogP contribution in [-0.2, 0) is 32.7 Å². The molecule has 0 rings (SSSR count). The first-order chi connectivity index (χ1) is 3.31. The molecule has 0 saturated heterocycles. The molecule has 0 amide bonds. The van der Waals surface area contributed by atoms with Crippen LogP contribution in [0.3, 0.4) is 0 Å². The van der Waals surface area contributed by atoms with Crippen LogP contribution in [0.2, 0.25) is 0 Å². The number of hydrogen-bond acceptors (Lipinski definition) is 0. The molecule has 0 heterocycles. The molecule has 0 aliphatic rings. The van der Waals surface area contributed by atoms with E-state index in [2.05, 4.69) is 32.6 Å². The zero-order valence-electron chi connectivity index (χ0n) is 5.57. The molecule has 8 heavy (non-hydrogen) atoms. The molecule has 0 aliphatic heterocycles. The minimum Gasteiger partial charge on any atom is -0.325 e. The largest absolute Gasteiger partial charge is 0.325 e. The minimum absolute atomic E-state index is 0. The van der Waals surface area contributed by atoms with E-state index in [0.29, 0.717) is 5.92 Å². The average molecular weight is 184 g/mol. The summed E-state index contributed by atoms with van der Waals surface area (Å²) >= 11 is 0. The molecular weight excluding hydrogens is 173 g/mol. The molecule has 1 heteroatoms. The summed E-state index contributed by atoms with van der Waals surface area (Å²) in [5, 5.41) is 0. The maximum Gasteiger partial charge on any atom is 0 e. The summed E-state index contributed by atoms with van der Waals surface area (Å²) in [7, 11) is 0. The molecule has 0 saturated carbocycles. The van der Waals surface area contributed by atoms with Crippen LogP contribution in [0.25, 0.3) is 0 Å². The molecule has 0 bridgehead atoms. The quantitative estimate of drug-likeness (QED) is 0.431. The number of rotatable bonds is 1. The molecule has 0 fully saturated rings. The molecule has 43 valence electrons. The molecule has 1 atom stereocenters. The van der Waals surface area contributed by atoms with Gasteiger partial charge >= 0.3 is 0 Å². The smallest absolute Gasteiger partial charge is 0 e. The van der Waals surface area contributed by atoms with E-state index in [4.69, 9.17) is 0 Å². The molecule has 0 nitrogen and oxygen atoms in total. The van der Waals surface area contributed by atoms with Gasteiger partial charge in [0.15, 0.2) is 0 Å². The van der Waals surface area contributed by atoms with Crippen LogP contribution in [0.15, 0.2) is 0 Å². The van der Waals surface area contributed by atoms with Crippen LogP contribution in [0.4, 0.5) is 0 Å². The Morgan fingerprint density at radius 3 is 2.25 bits per heavy atom. The predicted molar refractivity (Wildman–Crippen MR) is 32.6 cm³/mol. The van der Waals surface area contributed by atoms with Crippen molar-refractivity contribution in [3.63, 3.8) is 0 Å². The fraction of sp³-hybridized carbons (Fsp3) is 0.571. The fourth-order valence-corrected chi connectivity index (χ4v) is 0.276. The van der Waals surface area contributed by atoms with E-state index in [9.17, 15) is 0 Å². The van der Waals surface area contributed by atoms with Gasteiger partial charge in [-0.15, -0.1) is 0 Å². The van der Waals surface area contributed by atoms with Crippen molar-refractivity contribution in [3.8, 4) is 11.8 Å². The molecular formula is C7H11Y-. The Morgan fingerprint density at radius 1 is 1.62 bits per heavy atom. The van der Waals surface area contributed by atoms with Gasteiger partial charge in [0.05, 0.1) is 0 Å². The SMILES string of the molecule is [CH2-]C#CC(C)CC.[Y]. The molecule has 0 spiro atoms. The Balaban J connectivity index is 0. The van der Waals surface area contributed by atoms with Gasteiger partial charge in [-0.3, -0.25) is 5.92 Å². The molecule has 0 aromatic rings. The van der Waals surface area contributed by atoms with Crippen LogP contribution in [0.1, 0.15) is 20.3 Å². The topological polar surface area (TPSA) is 0 Å². The Labute approximate surface area is 77.3 Å². The Hall–Kier alpha value is 0.534. The van der Waals surface area contributed by atoms with E-state index in [1.807, 2.05) is 0 Å². The van der Waals surface area contributed by atoms with Gasteiger partial charge in [-0.05, 0) is 0 Å². The Bertz CT molecular complexity index is 86.3. The molecule has 1 radical (unpaired) electrons. The van der Waals surface area contributed by atoms with Gasteiger partial charge in [0.1, 0.15) is 0 Å². The van der Waals surface area contributed by atoms with Crippen molar-refractivity contribution in [2.24, 2.45) is 5.92 Å². The monoisotopic (exact) mass is 184 g/mol. The van der Waals surface area contributed by atoms with Crippen molar-refractivity contribution in [2.75, 3.05) is 0 Å². The standard InChI is InChI=1S/C7H11.Y/c1-4-6-7(3)5-2;/h7H,1,5H2,2-3H3;/q-1;. The third kappa shape index (κ3) is 6.53. The van der Waals surface area contributed by atoms with Crippen LogP contribution in [0, 0.1) is 24.7 Å². The van der Waals surface area contributed by atoms with Crippen LogP contribution < -0.4 is 0 Å². The van der Waals surface area contributed by atoms with E-state index in [0.717, 1.165) is 6.42 Å². The van der Waals surface area contributed by atoms with Gasteiger partial charge < -0.3 is 5.92 Å². The van der Waals surface area contributed by atoms with E-state index < -0.39 is 0 Å². The second-order valence-corrected chi connectivity index (χ2v) is 1.63. The van der Waals surface area contributed by atoms with Crippen molar-refractivity contribution in [1.82, 2.24) is 0 Å². The van der Waals surface area contributed by atoms with Crippen molar-refractivity contribution in [3.05, 3.63) is 6.92 Å². The molecule has 1 unspecified atom stereocenters. The summed E-state index contributed by atoms with van der Waals surface area (Å²) in [6, 6.07) is 0. The maximum atomic E-state index is 3.41. The average Bonchev–Trinajstić information content (AvgIpc) is 1.68. The van der Waals surface area contributed by atoms with E-state index >= 15 is 0 Å². The van der Waals surface area contributed by atoms with Gasteiger partial charge in [0.25, 0.3) is 0 Å². The molecule has 0 aliphatic carbocycles. The van der Waals surface area contributed by atoms with E-state index in [1.54, 1.807) is 0 Å². The van der Waals surface area contributed by atoms with Crippen LogP contribution in [-0.4, -0.2) is 0 Å². The molecule has 0 N–H and O–H groups in total. The summed E-state index contributed by atoms with van der Waals surface area (Å²) in [4.78, 5) is 0. The Kier molecular flexibility index (Phi) is 10.7. The predicted octanol–water partition coefficient (Wildman–Crippen LogP) is 1.87. The first-order valence-electron chi connectivity index (χ1n) is 2.58. The summed E-state index contributed by atoms with van der Waals surface area (Å²) in [6.07, 6.45) is 1.13. The first-order valence-corrected chi connectivity index (χ1v) is 2.58. The van der Waals surface area contributed by atoms with Gasteiger partial charge in [0, 0.05) is 32.7 Å². The summed E-state index contributed by atoms with van der Waals surface area (Å²) in [5.74, 6) is 6.08. The second kappa shape index (κ2) is 7.53. The zero-order chi connectivity index (χ0) is 5.70. The normalized spacial score (nSPS) is 10.2. The summed E-state index contributed by atoms with van der Waals surface area (Å²) < 4.78 is 0. The zero-order valence-corrected chi connectivity index (χ0v) is 8.41. The first kappa shape index (κ1) is 11.3. The van der Waals surface area contributed by atoms with E-state index in [-0.39, 0.29) is 32.7 Å². The van der Waals surface area contributed by atoms with Gasteiger partial charge in [-0.2, -0.15) is 6.92 Å². The molecule has 0 aromatic carbocycles. The van der Waals surface area contributed by atoms with Gasteiger partial charge in [-0.1, -0.05) is 26.2 Å². The van der Waals surface area contributed by atoms with Crippen molar-refractivity contribution >= 4 is 0 Å². The second-order valence-electron chi connectivity index (χ2n) is 1.63. The summed E-state index contributed by atoms with van der Waals surface area (Å²) in [6.45, 7) is 7.63. The third-order valence-electron chi connectivity index (χ3n) is 0.961. The van der Waals surface area contributed by atoms with Crippen molar-refractivity contribution in [1.29, 1.82) is 0 Å². The molecule has 0 aromatic heterocycles. The van der Waals surface area contributed by atoms with Gasteiger partial charge in [-0.25, -0.2) is 0 Å². The van der Waals surface area contributed by atoms with Gasteiger partial charge in [0.2, 0.25) is 0 Å². The van der Waals surface area contributed by atoms with Crippen LogP contribution >= 0.6 is 0 Å². The minimum atomic E-state index is 0. The maximum absolute atomic E-state index is 3.41. The van der Waals surface area contributed by atoms with Crippen molar-refractivity contribution < 1.29 is 32.7 Å². The third-order valence-corrected chi connectivity index (χ3v) is 0.961. The summed E-state index contributed by atoms with van der Waals surface area (Å²) in [5.41, 5.74) is 0. The fourth-order valence-electron chi connectivity index (χ4n) is 0.276.